The van der Waals surface area contributed by atoms with Crippen LogP contribution in [0.3, 0.4) is 0 Å². The van der Waals surface area contributed by atoms with Crippen LogP contribution in [0.5, 0.6) is 5.75 Å². The van der Waals surface area contributed by atoms with Crippen molar-refractivity contribution in [2.45, 2.75) is 51.2 Å². The van der Waals surface area contributed by atoms with Crippen molar-refractivity contribution in [3.05, 3.63) is 29.0 Å². The van der Waals surface area contributed by atoms with Crippen LogP contribution in [-0.2, 0) is 0 Å². The fourth-order valence-electron chi connectivity index (χ4n) is 2.35. The van der Waals surface area contributed by atoms with E-state index in [0.717, 1.165) is 25.8 Å². The van der Waals surface area contributed by atoms with Gasteiger partial charge in [0.25, 0.3) is 0 Å². The van der Waals surface area contributed by atoms with Crippen molar-refractivity contribution in [1.82, 2.24) is 5.32 Å². The molecule has 0 unspecified atom stereocenters. The summed E-state index contributed by atoms with van der Waals surface area (Å²) < 4.78 is 19.4. The maximum atomic E-state index is 13.4. The van der Waals surface area contributed by atoms with Crippen LogP contribution >= 0.6 is 11.6 Å². The number of benzene rings is 1. The Morgan fingerprint density at radius 1 is 1.42 bits per heavy atom. The second-order valence-electron chi connectivity index (χ2n) is 5.57. The maximum Gasteiger partial charge on any atom is 0.145 e. The smallest absolute Gasteiger partial charge is 0.145 e. The highest BCUT2D eigenvalue weighted by molar-refractivity contribution is 6.30. The van der Waals surface area contributed by atoms with E-state index in [1.165, 1.54) is 12.5 Å². The number of hydrogen-bond donors (Lipinski definition) is 1. The van der Waals surface area contributed by atoms with E-state index < -0.39 is 5.82 Å². The van der Waals surface area contributed by atoms with Crippen LogP contribution in [0.2, 0.25) is 5.02 Å². The van der Waals surface area contributed by atoms with Crippen LogP contribution < -0.4 is 10.1 Å². The molecule has 0 spiro atoms. The Bertz CT molecular complexity index is 432. The maximum absolute atomic E-state index is 13.4. The zero-order valence-corrected chi connectivity index (χ0v) is 12.3. The molecule has 106 valence electrons. The molecule has 0 aliphatic heterocycles. The van der Waals surface area contributed by atoms with E-state index in [4.69, 9.17) is 16.3 Å². The highest BCUT2D eigenvalue weighted by Crippen LogP contribution is 2.39. The normalized spacial score (nSPS) is 17.3. The molecule has 1 aliphatic carbocycles. The lowest BCUT2D eigenvalue weighted by Gasteiger charge is -2.42. The summed E-state index contributed by atoms with van der Waals surface area (Å²) in [6, 6.07) is 5.13. The molecule has 19 heavy (non-hydrogen) atoms. The van der Waals surface area contributed by atoms with Gasteiger partial charge >= 0.3 is 0 Å². The first-order valence-corrected chi connectivity index (χ1v) is 7.26. The molecule has 1 fully saturated rings. The molecule has 1 saturated carbocycles. The lowest BCUT2D eigenvalue weighted by Crippen LogP contribution is -2.45. The first kappa shape index (κ1) is 14.6. The van der Waals surface area contributed by atoms with E-state index in [1.54, 1.807) is 12.1 Å². The van der Waals surface area contributed by atoms with E-state index >= 15 is 0 Å². The Balaban J connectivity index is 1.95. The number of nitrogens with one attached hydrogen (secondary N) is 1. The quantitative estimate of drug-likeness (QED) is 0.847. The van der Waals surface area contributed by atoms with Gasteiger partial charge in [-0.3, -0.25) is 0 Å². The Morgan fingerprint density at radius 3 is 2.68 bits per heavy atom. The second kappa shape index (κ2) is 6.10. The molecule has 0 heterocycles. The SMILES string of the molecule is CC(C)NCCC1(Oc2ccc(Cl)c(F)c2)CCC1. The Hall–Kier alpha value is -0.800. The Kier molecular flexibility index (Phi) is 4.69. The van der Waals surface area contributed by atoms with Crippen molar-refractivity contribution in [2.24, 2.45) is 0 Å². The van der Waals surface area contributed by atoms with Crippen LogP contribution in [0, 0.1) is 5.82 Å². The van der Waals surface area contributed by atoms with Crippen molar-refractivity contribution in [1.29, 1.82) is 0 Å². The standard InChI is InChI=1S/C15H21ClFNO/c1-11(2)18-9-8-15(6-3-7-15)19-12-4-5-13(16)14(17)10-12/h4-5,10-11,18H,3,6-9H2,1-2H3. The van der Waals surface area contributed by atoms with E-state index in [9.17, 15) is 4.39 Å². The van der Waals surface area contributed by atoms with Gasteiger partial charge in [-0.05, 0) is 44.4 Å². The topological polar surface area (TPSA) is 21.3 Å². The molecule has 0 aromatic heterocycles. The molecule has 0 saturated heterocycles. The molecule has 1 aromatic rings. The van der Waals surface area contributed by atoms with Crippen LogP contribution in [0.25, 0.3) is 0 Å². The van der Waals surface area contributed by atoms with Gasteiger partial charge in [0.2, 0.25) is 0 Å². The molecule has 0 bridgehead atoms. The zero-order valence-electron chi connectivity index (χ0n) is 11.5. The molecule has 2 nitrogen and oxygen atoms in total. The number of ether oxygens (including phenoxy) is 1. The van der Waals surface area contributed by atoms with Gasteiger partial charge in [0.15, 0.2) is 0 Å². The zero-order chi connectivity index (χ0) is 13.9. The summed E-state index contributed by atoms with van der Waals surface area (Å²) in [7, 11) is 0. The summed E-state index contributed by atoms with van der Waals surface area (Å²) in [6.45, 7) is 5.18. The van der Waals surface area contributed by atoms with E-state index in [0.29, 0.717) is 11.8 Å². The Labute approximate surface area is 119 Å². The third-order valence-electron chi connectivity index (χ3n) is 3.62. The van der Waals surface area contributed by atoms with E-state index in [2.05, 4.69) is 19.2 Å². The average Bonchev–Trinajstić information content (AvgIpc) is 2.30. The van der Waals surface area contributed by atoms with Gasteiger partial charge in [-0.2, -0.15) is 0 Å². The fourth-order valence-corrected chi connectivity index (χ4v) is 2.47. The average molecular weight is 286 g/mol. The molecule has 1 N–H and O–H groups in total. The number of hydrogen-bond acceptors (Lipinski definition) is 2. The Morgan fingerprint density at radius 2 is 2.16 bits per heavy atom. The summed E-state index contributed by atoms with van der Waals surface area (Å²) in [5, 5.41) is 3.54. The lowest BCUT2D eigenvalue weighted by molar-refractivity contribution is -0.0147. The van der Waals surface area contributed by atoms with Gasteiger partial charge in [0, 0.05) is 12.1 Å². The predicted octanol–water partition coefficient (Wildman–Crippen LogP) is 4.17. The summed E-state index contributed by atoms with van der Waals surface area (Å²) in [6.07, 6.45) is 4.21. The first-order chi connectivity index (χ1) is 9.01. The van der Waals surface area contributed by atoms with Crippen molar-refractivity contribution >= 4 is 11.6 Å². The molecule has 2 rings (SSSR count). The highest BCUT2D eigenvalue weighted by Gasteiger charge is 2.38. The monoisotopic (exact) mass is 285 g/mol. The predicted molar refractivity (Wildman–Crippen MR) is 76.4 cm³/mol. The third kappa shape index (κ3) is 3.83. The van der Waals surface area contributed by atoms with Gasteiger partial charge in [0.1, 0.15) is 17.2 Å². The minimum Gasteiger partial charge on any atom is -0.487 e. The summed E-state index contributed by atoms with van der Waals surface area (Å²) in [5.74, 6) is 0.153. The minimum atomic E-state index is -0.422. The summed E-state index contributed by atoms with van der Waals surface area (Å²) >= 11 is 5.68. The fraction of sp³-hybridized carbons (Fsp3) is 0.600. The van der Waals surface area contributed by atoms with Crippen molar-refractivity contribution in [3.8, 4) is 5.75 Å². The molecule has 1 aliphatic rings. The molecule has 1 aromatic carbocycles. The van der Waals surface area contributed by atoms with Gasteiger partial charge in [-0.15, -0.1) is 0 Å². The molecular formula is C15H21ClFNO. The summed E-state index contributed by atoms with van der Waals surface area (Å²) in [4.78, 5) is 0. The largest absolute Gasteiger partial charge is 0.487 e. The van der Waals surface area contributed by atoms with Crippen LogP contribution in [0.15, 0.2) is 18.2 Å². The van der Waals surface area contributed by atoms with Crippen molar-refractivity contribution in [2.75, 3.05) is 6.54 Å². The summed E-state index contributed by atoms with van der Waals surface area (Å²) in [5.41, 5.74) is -0.123. The van der Waals surface area contributed by atoms with Gasteiger partial charge in [-0.1, -0.05) is 25.4 Å². The number of halogens is 2. The minimum absolute atomic E-state index is 0.123. The molecule has 0 atom stereocenters. The molecule has 4 heteroatoms. The van der Waals surface area contributed by atoms with Crippen molar-refractivity contribution in [3.63, 3.8) is 0 Å². The highest BCUT2D eigenvalue weighted by atomic mass is 35.5. The lowest BCUT2D eigenvalue weighted by atomic mass is 9.77. The van der Waals surface area contributed by atoms with Crippen LogP contribution in [-0.4, -0.2) is 18.2 Å². The van der Waals surface area contributed by atoms with Crippen molar-refractivity contribution < 1.29 is 9.13 Å². The van der Waals surface area contributed by atoms with Gasteiger partial charge in [-0.25, -0.2) is 4.39 Å². The van der Waals surface area contributed by atoms with Gasteiger partial charge in [0.05, 0.1) is 5.02 Å². The molecule has 0 amide bonds. The van der Waals surface area contributed by atoms with Crippen LogP contribution in [0.4, 0.5) is 4.39 Å². The van der Waals surface area contributed by atoms with E-state index in [1.807, 2.05) is 0 Å². The molecular weight excluding hydrogens is 265 g/mol. The van der Waals surface area contributed by atoms with Crippen LogP contribution in [0.1, 0.15) is 39.5 Å². The molecule has 0 radical (unpaired) electrons. The first-order valence-electron chi connectivity index (χ1n) is 6.88. The van der Waals surface area contributed by atoms with Gasteiger partial charge < -0.3 is 10.1 Å². The number of rotatable bonds is 6. The second-order valence-corrected chi connectivity index (χ2v) is 5.98. The third-order valence-corrected chi connectivity index (χ3v) is 3.93. The van der Waals surface area contributed by atoms with E-state index in [-0.39, 0.29) is 10.6 Å².